The molecular formula is C23H44N2O3. The smallest absolute Gasteiger partial charge is 0.243 e. The Bertz CT molecular complexity index is 508. The molecule has 0 bridgehead atoms. The van der Waals surface area contributed by atoms with E-state index in [1.165, 1.54) is 0 Å². The quantitative estimate of drug-likeness (QED) is 0.438. The van der Waals surface area contributed by atoms with Crippen molar-refractivity contribution in [3.63, 3.8) is 0 Å². The molecule has 28 heavy (non-hydrogen) atoms. The lowest BCUT2D eigenvalue weighted by molar-refractivity contribution is -0.131. The van der Waals surface area contributed by atoms with Crippen molar-refractivity contribution >= 4 is 11.7 Å². The van der Waals surface area contributed by atoms with Crippen molar-refractivity contribution in [3.05, 3.63) is 12.5 Å². The van der Waals surface area contributed by atoms with Crippen LogP contribution in [0.1, 0.15) is 88.0 Å². The van der Waals surface area contributed by atoms with Gasteiger partial charge >= 0.3 is 0 Å². The normalized spacial score (nSPS) is 16.1. The number of Topliss-reactive ketones (excluding diaryl/α,β-unsaturated/α-hetero) is 1. The summed E-state index contributed by atoms with van der Waals surface area (Å²) < 4.78 is 5.74. The Balaban J connectivity index is 5.22. The number of ketones is 1. The Morgan fingerprint density at radius 3 is 2.00 bits per heavy atom. The van der Waals surface area contributed by atoms with Crippen molar-refractivity contribution in [2.24, 2.45) is 17.8 Å². The fourth-order valence-corrected chi connectivity index (χ4v) is 3.20. The Hall–Kier alpha value is -1.52. The highest BCUT2D eigenvalue weighted by molar-refractivity contribution is 5.91. The van der Waals surface area contributed by atoms with Gasteiger partial charge in [0, 0.05) is 6.42 Å². The van der Waals surface area contributed by atoms with Crippen LogP contribution in [0.15, 0.2) is 12.5 Å². The van der Waals surface area contributed by atoms with Gasteiger partial charge in [0.2, 0.25) is 5.91 Å². The number of hydrogen-bond donors (Lipinski definition) is 2. The second-order valence-corrected chi connectivity index (χ2v) is 9.44. The van der Waals surface area contributed by atoms with Crippen LogP contribution in [-0.4, -0.2) is 29.4 Å². The van der Waals surface area contributed by atoms with E-state index in [-0.39, 0.29) is 23.5 Å². The summed E-state index contributed by atoms with van der Waals surface area (Å²) in [5, 5.41) is 6.13. The molecule has 5 nitrogen and oxygen atoms in total. The van der Waals surface area contributed by atoms with Crippen molar-refractivity contribution in [3.8, 4) is 0 Å². The van der Waals surface area contributed by atoms with Crippen LogP contribution >= 0.6 is 0 Å². The average molecular weight is 397 g/mol. The zero-order valence-electron chi connectivity index (χ0n) is 19.6. The van der Waals surface area contributed by atoms with Gasteiger partial charge in [0.05, 0.1) is 6.04 Å². The summed E-state index contributed by atoms with van der Waals surface area (Å²) in [6.45, 7) is 21.9. The summed E-state index contributed by atoms with van der Waals surface area (Å²) in [5.74, 6) is 0.746. The van der Waals surface area contributed by atoms with Crippen molar-refractivity contribution in [2.75, 3.05) is 0 Å². The molecule has 0 aliphatic rings. The zero-order chi connectivity index (χ0) is 22.1. The molecule has 4 unspecified atom stereocenters. The maximum Gasteiger partial charge on any atom is 0.243 e. The second-order valence-electron chi connectivity index (χ2n) is 9.44. The predicted molar refractivity (Wildman–Crippen MR) is 117 cm³/mol. The third kappa shape index (κ3) is 10.1. The van der Waals surface area contributed by atoms with Gasteiger partial charge in [-0.2, -0.15) is 0 Å². The molecule has 0 aromatic carbocycles. The highest BCUT2D eigenvalue weighted by Gasteiger charge is 2.31. The van der Waals surface area contributed by atoms with E-state index in [1.807, 2.05) is 48.5 Å². The van der Waals surface area contributed by atoms with Crippen LogP contribution < -0.4 is 10.6 Å². The van der Waals surface area contributed by atoms with Gasteiger partial charge in [-0.3, -0.25) is 9.59 Å². The molecule has 0 rings (SSSR count). The minimum atomic E-state index is -0.498. The van der Waals surface area contributed by atoms with Crippen molar-refractivity contribution in [1.29, 1.82) is 0 Å². The number of carbonyl (C=O) groups excluding carboxylic acids is 2. The SMILES string of the molecule is C=C(NC(C(=O)NC(C(=O)CC(C)CCC)C(C)C)C(C)CC)OC(C)(C)C. The van der Waals surface area contributed by atoms with Gasteiger partial charge in [0.25, 0.3) is 0 Å². The lowest BCUT2D eigenvalue weighted by atomic mass is 9.90. The molecule has 2 N–H and O–H groups in total. The summed E-state index contributed by atoms with van der Waals surface area (Å²) >= 11 is 0. The number of hydrogen-bond acceptors (Lipinski definition) is 4. The van der Waals surface area contributed by atoms with Gasteiger partial charge < -0.3 is 15.4 Å². The molecule has 0 aromatic heterocycles. The van der Waals surface area contributed by atoms with Crippen LogP contribution in [0.25, 0.3) is 0 Å². The first-order valence-corrected chi connectivity index (χ1v) is 10.8. The predicted octanol–water partition coefficient (Wildman–Crippen LogP) is 4.81. The summed E-state index contributed by atoms with van der Waals surface area (Å²) in [7, 11) is 0. The lowest BCUT2D eigenvalue weighted by Crippen LogP contribution is -2.54. The van der Waals surface area contributed by atoms with Crippen LogP contribution in [-0.2, 0) is 14.3 Å². The number of nitrogens with one attached hydrogen (secondary N) is 2. The van der Waals surface area contributed by atoms with Crippen molar-refractivity contribution in [1.82, 2.24) is 10.6 Å². The van der Waals surface area contributed by atoms with Crippen LogP contribution in [0.5, 0.6) is 0 Å². The van der Waals surface area contributed by atoms with Gasteiger partial charge in [0.15, 0.2) is 11.7 Å². The van der Waals surface area contributed by atoms with Crippen molar-refractivity contribution in [2.45, 2.75) is 106 Å². The molecule has 0 aliphatic heterocycles. The molecule has 0 saturated heterocycles. The number of amides is 1. The summed E-state index contributed by atoms with van der Waals surface area (Å²) in [6.07, 6.45) is 3.40. The molecule has 0 aromatic rings. The standard InChI is InChI=1S/C23H44N2O3/c1-11-13-16(5)14-19(26)20(15(3)4)25-22(27)21(17(6)12-2)24-18(7)28-23(8,9)10/h15-17,20-21,24H,7,11-14H2,1-6,8-10H3,(H,25,27). The Morgan fingerprint density at radius 1 is 1.00 bits per heavy atom. The minimum Gasteiger partial charge on any atom is -0.474 e. The molecule has 0 heterocycles. The third-order valence-electron chi connectivity index (χ3n) is 4.88. The molecule has 164 valence electrons. The van der Waals surface area contributed by atoms with Crippen molar-refractivity contribution < 1.29 is 14.3 Å². The van der Waals surface area contributed by atoms with Crippen LogP contribution in [0.4, 0.5) is 0 Å². The fourth-order valence-electron chi connectivity index (χ4n) is 3.20. The molecule has 1 amide bonds. The largest absolute Gasteiger partial charge is 0.474 e. The van der Waals surface area contributed by atoms with Crippen LogP contribution in [0.2, 0.25) is 0 Å². The van der Waals surface area contributed by atoms with Gasteiger partial charge in [-0.25, -0.2) is 0 Å². The number of ether oxygens (including phenoxy) is 1. The second kappa shape index (κ2) is 12.1. The highest BCUT2D eigenvalue weighted by atomic mass is 16.5. The molecule has 0 aliphatic carbocycles. The van der Waals surface area contributed by atoms with Gasteiger partial charge in [0.1, 0.15) is 11.6 Å². The van der Waals surface area contributed by atoms with Gasteiger partial charge in [-0.05, 0) is 45.1 Å². The zero-order valence-corrected chi connectivity index (χ0v) is 19.6. The first kappa shape index (κ1) is 26.5. The fraction of sp³-hybridized carbons (Fsp3) is 0.826. The Kier molecular flexibility index (Phi) is 11.5. The van der Waals surface area contributed by atoms with Gasteiger partial charge in [-0.1, -0.05) is 60.8 Å². The Morgan fingerprint density at radius 2 is 1.57 bits per heavy atom. The summed E-state index contributed by atoms with van der Waals surface area (Å²) in [5.41, 5.74) is -0.396. The first-order valence-electron chi connectivity index (χ1n) is 10.8. The van der Waals surface area contributed by atoms with Crippen LogP contribution in [0, 0.1) is 17.8 Å². The molecule has 5 heteroatoms. The van der Waals surface area contributed by atoms with E-state index in [4.69, 9.17) is 4.74 Å². The van der Waals surface area contributed by atoms with Crippen LogP contribution in [0.3, 0.4) is 0 Å². The summed E-state index contributed by atoms with van der Waals surface area (Å²) in [4.78, 5) is 25.9. The molecule has 0 spiro atoms. The summed E-state index contributed by atoms with van der Waals surface area (Å²) in [6, 6.07) is -0.973. The van der Waals surface area contributed by atoms with E-state index < -0.39 is 17.7 Å². The molecule has 0 saturated carbocycles. The maximum absolute atomic E-state index is 13.1. The maximum atomic E-state index is 13.1. The highest BCUT2D eigenvalue weighted by Crippen LogP contribution is 2.17. The number of carbonyl (C=O) groups is 2. The molecular weight excluding hydrogens is 352 g/mol. The average Bonchev–Trinajstić information content (AvgIpc) is 2.54. The van der Waals surface area contributed by atoms with E-state index in [9.17, 15) is 9.59 Å². The third-order valence-corrected chi connectivity index (χ3v) is 4.88. The van der Waals surface area contributed by atoms with E-state index in [0.29, 0.717) is 18.2 Å². The number of rotatable bonds is 13. The van der Waals surface area contributed by atoms with E-state index >= 15 is 0 Å². The topological polar surface area (TPSA) is 67.4 Å². The minimum absolute atomic E-state index is 0.0388. The van der Waals surface area contributed by atoms with E-state index in [0.717, 1.165) is 19.3 Å². The Labute approximate surface area is 173 Å². The van der Waals surface area contributed by atoms with Gasteiger partial charge in [-0.15, -0.1) is 0 Å². The monoisotopic (exact) mass is 396 g/mol. The van der Waals surface area contributed by atoms with E-state index in [2.05, 4.69) is 31.1 Å². The lowest BCUT2D eigenvalue weighted by Gasteiger charge is -2.31. The molecule has 4 atom stereocenters. The van der Waals surface area contributed by atoms with E-state index in [1.54, 1.807) is 0 Å². The molecule has 0 radical (unpaired) electrons. The molecule has 0 fully saturated rings. The first-order chi connectivity index (χ1) is 12.8.